The van der Waals surface area contributed by atoms with E-state index >= 15 is 0 Å². The van der Waals surface area contributed by atoms with Crippen molar-refractivity contribution in [2.75, 3.05) is 13.7 Å². The summed E-state index contributed by atoms with van der Waals surface area (Å²) in [6, 6.07) is 4.99. The number of hydrogen-bond donors (Lipinski definition) is 2. The number of amides is 2. The Bertz CT molecular complexity index is 540. The van der Waals surface area contributed by atoms with Crippen LogP contribution in [0.1, 0.15) is 30.1 Å². The monoisotopic (exact) mass is 292 g/mol. The van der Waals surface area contributed by atoms with Crippen molar-refractivity contribution < 1.29 is 19.1 Å². The summed E-state index contributed by atoms with van der Waals surface area (Å²) in [7, 11) is 1.47. The summed E-state index contributed by atoms with van der Waals surface area (Å²) < 4.78 is 10.4. The molecule has 3 N–H and O–H groups in total. The van der Waals surface area contributed by atoms with Crippen molar-refractivity contribution in [2.45, 2.75) is 25.8 Å². The quantitative estimate of drug-likeness (QED) is 0.787. The average molecular weight is 292 g/mol. The van der Waals surface area contributed by atoms with E-state index in [0.29, 0.717) is 23.0 Å². The van der Waals surface area contributed by atoms with Crippen molar-refractivity contribution >= 4 is 11.8 Å². The Balaban J connectivity index is 2.06. The Morgan fingerprint density at radius 1 is 1.38 bits per heavy atom. The minimum Gasteiger partial charge on any atom is -0.493 e. The summed E-state index contributed by atoms with van der Waals surface area (Å²) in [5.41, 5.74) is 5.52. The molecule has 1 unspecified atom stereocenters. The minimum atomic E-state index is -0.572. The van der Waals surface area contributed by atoms with E-state index in [1.165, 1.54) is 20.0 Å². The summed E-state index contributed by atoms with van der Waals surface area (Å²) in [6.45, 7) is 1.78. The molecule has 1 saturated carbocycles. The fourth-order valence-electron chi connectivity index (χ4n) is 2.08. The van der Waals surface area contributed by atoms with E-state index in [0.717, 1.165) is 0 Å². The standard InChI is InChI=1S/C15H20N2O4/c1-9(10-3-4-10)17-15(19)11-5-6-12(13(7-11)20-2)21-8-14(16)18/h5-7,9-10H,3-4,8H2,1-2H3,(H2,16,18)(H,17,19). The van der Waals surface area contributed by atoms with E-state index in [4.69, 9.17) is 15.2 Å². The summed E-state index contributed by atoms with van der Waals surface area (Å²) in [5.74, 6) is 0.645. The van der Waals surface area contributed by atoms with Crippen molar-refractivity contribution in [1.82, 2.24) is 5.32 Å². The molecule has 2 rings (SSSR count). The molecule has 1 fully saturated rings. The second-order valence-corrected chi connectivity index (χ2v) is 5.22. The van der Waals surface area contributed by atoms with Crippen LogP contribution in [0.2, 0.25) is 0 Å². The van der Waals surface area contributed by atoms with Gasteiger partial charge in [-0.3, -0.25) is 9.59 Å². The third kappa shape index (κ3) is 4.11. The molecule has 1 aromatic rings. The lowest BCUT2D eigenvalue weighted by atomic mass is 10.1. The highest BCUT2D eigenvalue weighted by molar-refractivity contribution is 5.95. The van der Waals surface area contributed by atoms with Gasteiger partial charge in [0.25, 0.3) is 11.8 Å². The summed E-state index contributed by atoms with van der Waals surface area (Å²) in [6.07, 6.45) is 2.34. The molecule has 0 heterocycles. The van der Waals surface area contributed by atoms with Gasteiger partial charge in [-0.2, -0.15) is 0 Å². The number of ether oxygens (including phenoxy) is 2. The van der Waals surface area contributed by atoms with Gasteiger partial charge >= 0.3 is 0 Å². The number of primary amides is 1. The lowest BCUT2D eigenvalue weighted by molar-refractivity contribution is -0.119. The van der Waals surface area contributed by atoms with E-state index in [2.05, 4.69) is 5.32 Å². The van der Waals surface area contributed by atoms with Crippen LogP contribution < -0.4 is 20.5 Å². The smallest absolute Gasteiger partial charge is 0.255 e. The maximum atomic E-state index is 12.2. The van der Waals surface area contributed by atoms with E-state index in [1.807, 2.05) is 6.92 Å². The predicted octanol–water partition coefficient (Wildman–Crippen LogP) is 1.09. The van der Waals surface area contributed by atoms with Gasteiger partial charge in [-0.05, 0) is 43.9 Å². The first-order valence-corrected chi connectivity index (χ1v) is 6.91. The largest absolute Gasteiger partial charge is 0.493 e. The van der Waals surface area contributed by atoms with Crippen molar-refractivity contribution in [1.29, 1.82) is 0 Å². The predicted molar refractivity (Wildman–Crippen MR) is 77.3 cm³/mol. The van der Waals surface area contributed by atoms with Gasteiger partial charge < -0.3 is 20.5 Å². The molecular formula is C15H20N2O4. The number of carbonyl (C=O) groups is 2. The van der Waals surface area contributed by atoms with Crippen molar-refractivity contribution in [3.63, 3.8) is 0 Å². The van der Waals surface area contributed by atoms with Gasteiger partial charge in [0, 0.05) is 11.6 Å². The van der Waals surface area contributed by atoms with Crippen LogP contribution in [0.4, 0.5) is 0 Å². The van der Waals surface area contributed by atoms with Crippen LogP contribution >= 0.6 is 0 Å². The highest BCUT2D eigenvalue weighted by atomic mass is 16.5. The molecule has 21 heavy (non-hydrogen) atoms. The lowest BCUT2D eigenvalue weighted by Gasteiger charge is -2.14. The van der Waals surface area contributed by atoms with Gasteiger partial charge in [-0.25, -0.2) is 0 Å². The van der Waals surface area contributed by atoms with E-state index < -0.39 is 5.91 Å². The minimum absolute atomic E-state index is 0.144. The first-order chi connectivity index (χ1) is 10.0. The first-order valence-electron chi connectivity index (χ1n) is 6.91. The fraction of sp³-hybridized carbons (Fsp3) is 0.467. The summed E-state index contributed by atoms with van der Waals surface area (Å²) >= 11 is 0. The van der Waals surface area contributed by atoms with Crippen molar-refractivity contribution in [3.05, 3.63) is 23.8 Å². The molecule has 2 amide bonds. The highest BCUT2D eigenvalue weighted by Gasteiger charge is 2.29. The molecule has 1 aliphatic rings. The van der Waals surface area contributed by atoms with Gasteiger partial charge in [0.15, 0.2) is 18.1 Å². The van der Waals surface area contributed by atoms with Gasteiger partial charge in [-0.15, -0.1) is 0 Å². The Morgan fingerprint density at radius 3 is 2.67 bits per heavy atom. The molecule has 0 saturated heterocycles. The van der Waals surface area contributed by atoms with Crippen LogP contribution in [-0.2, 0) is 4.79 Å². The Kier molecular flexibility index (Phi) is 4.67. The SMILES string of the molecule is COc1cc(C(=O)NC(C)C2CC2)ccc1OCC(N)=O. The third-order valence-electron chi connectivity index (χ3n) is 3.48. The van der Waals surface area contributed by atoms with E-state index in [1.54, 1.807) is 18.2 Å². The van der Waals surface area contributed by atoms with E-state index in [9.17, 15) is 9.59 Å². The molecule has 6 heteroatoms. The first kappa shape index (κ1) is 15.2. The molecule has 0 radical (unpaired) electrons. The fourth-order valence-corrected chi connectivity index (χ4v) is 2.08. The lowest BCUT2D eigenvalue weighted by Crippen LogP contribution is -2.33. The molecule has 0 aromatic heterocycles. The van der Waals surface area contributed by atoms with Crippen LogP contribution in [0.3, 0.4) is 0 Å². The number of hydrogen-bond acceptors (Lipinski definition) is 4. The molecule has 1 atom stereocenters. The van der Waals surface area contributed by atoms with Crippen LogP contribution in [0.25, 0.3) is 0 Å². The van der Waals surface area contributed by atoms with E-state index in [-0.39, 0.29) is 18.6 Å². The zero-order chi connectivity index (χ0) is 15.4. The Hall–Kier alpha value is -2.24. The maximum absolute atomic E-state index is 12.2. The number of nitrogens with one attached hydrogen (secondary N) is 1. The van der Waals surface area contributed by atoms with Crippen LogP contribution in [0.5, 0.6) is 11.5 Å². The van der Waals surface area contributed by atoms with Crippen molar-refractivity contribution in [2.24, 2.45) is 11.7 Å². The molecule has 0 aliphatic heterocycles. The molecule has 114 valence electrons. The van der Waals surface area contributed by atoms with Crippen LogP contribution in [-0.4, -0.2) is 31.6 Å². The molecule has 1 aromatic carbocycles. The molecule has 6 nitrogen and oxygen atoms in total. The van der Waals surface area contributed by atoms with Gasteiger partial charge in [0.05, 0.1) is 7.11 Å². The zero-order valence-electron chi connectivity index (χ0n) is 12.2. The van der Waals surface area contributed by atoms with Crippen molar-refractivity contribution in [3.8, 4) is 11.5 Å². The molecule has 0 bridgehead atoms. The number of nitrogens with two attached hydrogens (primary N) is 1. The Labute approximate surface area is 123 Å². The number of rotatable bonds is 7. The topological polar surface area (TPSA) is 90.7 Å². The average Bonchev–Trinajstić information content (AvgIpc) is 3.29. The number of methoxy groups -OCH3 is 1. The molecule has 1 aliphatic carbocycles. The van der Waals surface area contributed by atoms with Crippen LogP contribution in [0.15, 0.2) is 18.2 Å². The zero-order valence-corrected chi connectivity index (χ0v) is 12.2. The van der Waals surface area contributed by atoms with Gasteiger partial charge in [-0.1, -0.05) is 0 Å². The molecule has 0 spiro atoms. The van der Waals surface area contributed by atoms with Crippen LogP contribution in [0, 0.1) is 5.92 Å². The second-order valence-electron chi connectivity index (χ2n) is 5.22. The Morgan fingerprint density at radius 2 is 2.10 bits per heavy atom. The maximum Gasteiger partial charge on any atom is 0.255 e. The summed E-state index contributed by atoms with van der Waals surface area (Å²) in [5, 5.41) is 2.97. The number of carbonyl (C=O) groups excluding carboxylic acids is 2. The summed E-state index contributed by atoms with van der Waals surface area (Å²) in [4.78, 5) is 22.9. The van der Waals surface area contributed by atoms with Gasteiger partial charge in [0.1, 0.15) is 0 Å². The number of benzene rings is 1. The molecular weight excluding hydrogens is 272 g/mol. The normalized spacial score (nSPS) is 15.1. The third-order valence-corrected chi connectivity index (χ3v) is 3.48. The highest BCUT2D eigenvalue weighted by Crippen LogP contribution is 2.33. The second kappa shape index (κ2) is 6.47. The van der Waals surface area contributed by atoms with Gasteiger partial charge in [0.2, 0.25) is 0 Å².